The van der Waals surface area contributed by atoms with Crippen LogP contribution in [0.4, 0.5) is 4.39 Å². The first kappa shape index (κ1) is 17.9. The Morgan fingerprint density at radius 2 is 1.85 bits per heavy atom. The molecule has 1 aromatic rings. The Morgan fingerprint density at radius 1 is 1.12 bits per heavy atom. The number of piperidine rings is 1. The highest BCUT2D eigenvalue weighted by atomic mass is 19.1. The predicted molar refractivity (Wildman–Crippen MR) is 97.3 cm³/mol. The van der Waals surface area contributed by atoms with Crippen molar-refractivity contribution in [1.29, 1.82) is 0 Å². The molecule has 5 nitrogen and oxygen atoms in total. The summed E-state index contributed by atoms with van der Waals surface area (Å²) in [5.74, 6) is -0.136. The predicted octanol–water partition coefficient (Wildman–Crippen LogP) is 1.94. The van der Waals surface area contributed by atoms with Crippen molar-refractivity contribution in [3.05, 3.63) is 35.6 Å². The van der Waals surface area contributed by atoms with Gasteiger partial charge in [0.1, 0.15) is 5.82 Å². The van der Waals surface area contributed by atoms with E-state index in [2.05, 4.69) is 15.1 Å². The van der Waals surface area contributed by atoms with Gasteiger partial charge in [-0.15, -0.1) is 0 Å². The van der Waals surface area contributed by atoms with E-state index >= 15 is 0 Å². The number of rotatable bonds is 5. The standard InChI is InChI=1S/C20H28FN3O2/c21-16-3-1-15(2-4-16)19-13-23(11-12-26-19)14-20(25)22-17-7-9-24(10-8-17)18-5-6-18/h1-4,17-19H,5-14H2,(H,22,25). The maximum absolute atomic E-state index is 13.1. The van der Waals surface area contributed by atoms with Crippen LogP contribution in [0.25, 0.3) is 0 Å². The zero-order chi connectivity index (χ0) is 17.9. The Balaban J connectivity index is 1.23. The van der Waals surface area contributed by atoms with Gasteiger partial charge in [0.05, 0.1) is 19.3 Å². The second kappa shape index (κ2) is 8.03. The van der Waals surface area contributed by atoms with Gasteiger partial charge in [0.2, 0.25) is 5.91 Å². The lowest BCUT2D eigenvalue weighted by Gasteiger charge is -2.34. The highest BCUT2D eigenvalue weighted by Crippen LogP contribution is 2.29. The molecule has 0 spiro atoms. The number of carbonyl (C=O) groups excluding carboxylic acids is 1. The minimum Gasteiger partial charge on any atom is -0.371 e. The second-order valence-electron chi connectivity index (χ2n) is 7.76. The molecule has 1 amide bonds. The minimum atomic E-state index is -0.242. The number of hydrogen-bond donors (Lipinski definition) is 1. The molecule has 4 rings (SSSR count). The van der Waals surface area contributed by atoms with Crippen LogP contribution in [0.2, 0.25) is 0 Å². The molecule has 2 saturated heterocycles. The molecular formula is C20H28FN3O2. The van der Waals surface area contributed by atoms with Gasteiger partial charge in [0, 0.05) is 38.3 Å². The Kier molecular flexibility index (Phi) is 5.52. The van der Waals surface area contributed by atoms with Crippen molar-refractivity contribution in [2.75, 3.05) is 39.3 Å². The third kappa shape index (κ3) is 4.61. The van der Waals surface area contributed by atoms with E-state index in [1.54, 1.807) is 12.1 Å². The van der Waals surface area contributed by atoms with Crippen molar-refractivity contribution in [3.8, 4) is 0 Å². The van der Waals surface area contributed by atoms with Crippen LogP contribution in [0.5, 0.6) is 0 Å². The van der Waals surface area contributed by atoms with Crippen LogP contribution in [0, 0.1) is 5.82 Å². The minimum absolute atomic E-state index is 0.0982. The van der Waals surface area contributed by atoms with Crippen molar-refractivity contribution < 1.29 is 13.9 Å². The maximum atomic E-state index is 13.1. The van der Waals surface area contributed by atoms with Gasteiger partial charge in [-0.1, -0.05) is 12.1 Å². The third-order valence-electron chi connectivity index (χ3n) is 5.72. The molecule has 1 saturated carbocycles. The molecule has 142 valence electrons. The summed E-state index contributed by atoms with van der Waals surface area (Å²) in [6.45, 7) is 4.64. The molecule has 2 aliphatic heterocycles. The number of nitrogens with one attached hydrogen (secondary N) is 1. The first-order valence-electron chi connectivity index (χ1n) is 9.80. The monoisotopic (exact) mass is 361 g/mol. The molecule has 1 N–H and O–H groups in total. The number of morpholine rings is 1. The number of nitrogens with zero attached hydrogens (tertiary/aromatic N) is 2. The van der Waals surface area contributed by atoms with Crippen LogP contribution in [-0.2, 0) is 9.53 Å². The number of hydrogen-bond acceptors (Lipinski definition) is 4. The summed E-state index contributed by atoms with van der Waals surface area (Å²) in [4.78, 5) is 17.1. The average Bonchev–Trinajstić information content (AvgIpc) is 3.48. The number of carbonyl (C=O) groups is 1. The lowest BCUT2D eigenvalue weighted by molar-refractivity contribution is -0.125. The lowest BCUT2D eigenvalue weighted by Crippen LogP contribution is -2.49. The van der Waals surface area contributed by atoms with Crippen molar-refractivity contribution >= 4 is 5.91 Å². The molecule has 6 heteroatoms. The van der Waals surface area contributed by atoms with Crippen molar-refractivity contribution in [1.82, 2.24) is 15.1 Å². The number of likely N-dealkylation sites (tertiary alicyclic amines) is 1. The van der Waals surface area contributed by atoms with Crippen LogP contribution in [-0.4, -0.2) is 67.1 Å². The Bertz CT molecular complexity index is 612. The summed E-state index contributed by atoms with van der Waals surface area (Å²) in [5, 5.41) is 3.21. The number of benzene rings is 1. The molecule has 26 heavy (non-hydrogen) atoms. The zero-order valence-corrected chi connectivity index (χ0v) is 15.2. The number of ether oxygens (including phenoxy) is 1. The SMILES string of the molecule is O=C(CN1CCOC(c2ccc(F)cc2)C1)NC1CCN(C2CC2)CC1. The molecule has 2 heterocycles. The van der Waals surface area contributed by atoms with Crippen molar-refractivity contribution in [2.24, 2.45) is 0 Å². The van der Waals surface area contributed by atoms with Crippen LogP contribution in [0.15, 0.2) is 24.3 Å². The molecule has 3 aliphatic rings. The van der Waals surface area contributed by atoms with Crippen LogP contribution < -0.4 is 5.32 Å². The fourth-order valence-corrected chi connectivity index (χ4v) is 4.05. The lowest BCUT2D eigenvalue weighted by atomic mass is 10.0. The molecule has 1 atom stereocenters. The smallest absolute Gasteiger partial charge is 0.234 e. The van der Waals surface area contributed by atoms with Crippen molar-refractivity contribution in [2.45, 2.75) is 43.9 Å². The first-order valence-corrected chi connectivity index (χ1v) is 9.80. The fourth-order valence-electron chi connectivity index (χ4n) is 4.05. The van der Waals surface area contributed by atoms with E-state index in [9.17, 15) is 9.18 Å². The summed E-state index contributed by atoms with van der Waals surface area (Å²) in [5.41, 5.74) is 0.962. The molecule has 1 aromatic carbocycles. The summed E-state index contributed by atoms with van der Waals surface area (Å²) in [6.07, 6.45) is 4.72. The molecule has 0 bridgehead atoms. The third-order valence-corrected chi connectivity index (χ3v) is 5.72. The molecule has 1 unspecified atom stereocenters. The maximum Gasteiger partial charge on any atom is 0.234 e. The Labute approximate surface area is 154 Å². The van der Waals surface area contributed by atoms with E-state index in [0.717, 1.165) is 44.1 Å². The quantitative estimate of drug-likeness (QED) is 0.871. The first-order chi connectivity index (χ1) is 12.7. The highest BCUT2D eigenvalue weighted by molar-refractivity contribution is 5.78. The fraction of sp³-hybridized carbons (Fsp3) is 0.650. The van der Waals surface area contributed by atoms with Crippen LogP contribution in [0.1, 0.15) is 37.4 Å². The summed E-state index contributed by atoms with van der Waals surface area (Å²) in [6, 6.07) is 7.57. The molecule has 0 radical (unpaired) electrons. The molecule has 0 aromatic heterocycles. The normalized spacial score (nSPS) is 26.0. The van der Waals surface area contributed by atoms with Gasteiger partial charge in [0.25, 0.3) is 0 Å². The van der Waals surface area contributed by atoms with Gasteiger partial charge < -0.3 is 15.0 Å². The largest absolute Gasteiger partial charge is 0.371 e. The second-order valence-corrected chi connectivity index (χ2v) is 7.76. The number of amides is 1. The van der Waals surface area contributed by atoms with E-state index in [0.29, 0.717) is 25.7 Å². The van der Waals surface area contributed by atoms with Crippen LogP contribution >= 0.6 is 0 Å². The summed E-state index contributed by atoms with van der Waals surface area (Å²) in [7, 11) is 0. The van der Waals surface area contributed by atoms with Gasteiger partial charge in [-0.25, -0.2) is 4.39 Å². The van der Waals surface area contributed by atoms with Gasteiger partial charge >= 0.3 is 0 Å². The molecule has 3 fully saturated rings. The molecule has 1 aliphatic carbocycles. The van der Waals surface area contributed by atoms with Gasteiger partial charge in [-0.2, -0.15) is 0 Å². The molecular weight excluding hydrogens is 333 g/mol. The van der Waals surface area contributed by atoms with Gasteiger partial charge in [-0.05, 0) is 43.4 Å². The topological polar surface area (TPSA) is 44.8 Å². The van der Waals surface area contributed by atoms with Crippen LogP contribution in [0.3, 0.4) is 0 Å². The average molecular weight is 361 g/mol. The highest BCUT2D eigenvalue weighted by Gasteiger charge is 2.32. The van der Waals surface area contributed by atoms with E-state index in [1.807, 2.05) is 0 Å². The van der Waals surface area contributed by atoms with Gasteiger partial charge in [0.15, 0.2) is 0 Å². The van der Waals surface area contributed by atoms with Crippen molar-refractivity contribution in [3.63, 3.8) is 0 Å². The van der Waals surface area contributed by atoms with Gasteiger partial charge in [-0.3, -0.25) is 9.69 Å². The summed E-state index contributed by atoms with van der Waals surface area (Å²) < 4.78 is 18.9. The Morgan fingerprint density at radius 3 is 2.54 bits per heavy atom. The van der Waals surface area contributed by atoms with E-state index in [1.165, 1.54) is 25.0 Å². The van der Waals surface area contributed by atoms with E-state index in [-0.39, 0.29) is 17.8 Å². The number of halogens is 1. The zero-order valence-electron chi connectivity index (χ0n) is 15.2. The summed E-state index contributed by atoms with van der Waals surface area (Å²) >= 11 is 0. The van der Waals surface area contributed by atoms with E-state index in [4.69, 9.17) is 4.74 Å². The Hall–Kier alpha value is -1.50. The van der Waals surface area contributed by atoms with E-state index < -0.39 is 0 Å².